The molecule has 13 atom stereocenters. The van der Waals surface area contributed by atoms with Gasteiger partial charge in [0.1, 0.15) is 61.0 Å². The van der Waals surface area contributed by atoms with Crippen LogP contribution in [0, 0.1) is 0 Å². The number of aromatic nitrogens is 4. The van der Waals surface area contributed by atoms with Gasteiger partial charge in [0, 0.05) is 0 Å². The number of anilines is 1. The van der Waals surface area contributed by atoms with Crippen LogP contribution in [-0.4, -0.2) is 174 Å². The van der Waals surface area contributed by atoms with Crippen LogP contribution in [0.3, 0.4) is 0 Å². The number of rotatable bonds is 7. The number of hydrogen-bond acceptors (Lipinski definition) is 19. The lowest BCUT2D eigenvalue weighted by Crippen LogP contribution is -2.58. The number of ether oxygens (including phenoxy) is 2. The first-order chi connectivity index (χ1) is 20.1. The van der Waals surface area contributed by atoms with E-state index in [1.54, 1.807) is 0 Å². The van der Waals surface area contributed by atoms with E-state index < -0.39 is 98.4 Å². The van der Waals surface area contributed by atoms with Crippen molar-refractivity contribution < 1.29 is 75.5 Å². The fraction of sp³-hybridized carbons (Fsp3) is 0.727. The summed E-state index contributed by atoms with van der Waals surface area (Å²) in [6.45, 7) is 0.269. The largest absolute Gasteiger partial charge is 0.394 e. The molecular formula is C22H37N5O16. The van der Waals surface area contributed by atoms with Crippen LogP contribution in [-0.2, 0) is 14.3 Å². The lowest BCUT2D eigenvalue weighted by Gasteiger charge is -2.37. The van der Waals surface area contributed by atoms with Crippen LogP contribution in [0.4, 0.5) is 5.95 Å². The van der Waals surface area contributed by atoms with E-state index in [9.17, 15) is 19.8 Å². The number of nitrogens with two attached hydrogens (primary N) is 1. The van der Waals surface area contributed by atoms with Gasteiger partial charge in [0.25, 0.3) is 5.56 Å². The quantitative estimate of drug-likeness (QED) is 0.127. The highest BCUT2D eigenvalue weighted by atomic mass is 16.6. The highest BCUT2D eigenvalue weighted by molar-refractivity contribution is 5.70. The molecule has 0 amide bonds. The predicted molar refractivity (Wildman–Crippen MR) is 137 cm³/mol. The lowest BCUT2D eigenvalue weighted by atomic mass is 10.00. The molecule has 1 unspecified atom stereocenters. The summed E-state index contributed by atoms with van der Waals surface area (Å²) in [6, 6.07) is 0. The van der Waals surface area contributed by atoms with Crippen molar-refractivity contribution >= 4 is 23.4 Å². The molecule has 0 radical (unpaired) electrons. The van der Waals surface area contributed by atoms with Crippen LogP contribution in [0.1, 0.15) is 13.2 Å². The number of carbonyl (C=O) groups excluding carboxylic acids is 1. The fourth-order valence-electron chi connectivity index (χ4n) is 3.89. The van der Waals surface area contributed by atoms with Crippen molar-refractivity contribution in [3.8, 4) is 0 Å². The summed E-state index contributed by atoms with van der Waals surface area (Å²) < 4.78 is 11.2. The molecule has 0 bridgehead atoms. The zero-order valence-corrected chi connectivity index (χ0v) is 22.5. The third-order valence-electron chi connectivity index (χ3n) is 6.44. The van der Waals surface area contributed by atoms with Gasteiger partial charge in [-0.1, -0.05) is 0 Å². The van der Waals surface area contributed by atoms with E-state index in [1.165, 1.54) is 17.8 Å². The van der Waals surface area contributed by atoms with Gasteiger partial charge in [-0.3, -0.25) is 14.3 Å². The highest BCUT2D eigenvalue weighted by Crippen LogP contribution is 2.30. The summed E-state index contributed by atoms with van der Waals surface area (Å²) >= 11 is 0. The summed E-state index contributed by atoms with van der Waals surface area (Å²) in [6.07, 6.45) is -16.1. The zero-order valence-electron chi connectivity index (χ0n) is 22.5. The number of aromatic amines is 1. The second kappa shape index (κ2) is 15.8. The number of aliphatic hydroxyl groups is 12. The number of H-pyrrole nitrogens is 1. The van der Waals surface area contributed by atoms with Gasteiger partial charge in [0.15, 0.2) is 30.0 Å². The Morgan fingerprint density at radius 2 is 1.49 bits per heavy atom. The Hall–Kier alpha value is -2.74. The number of aliphatic hydroxyl groups excluding tert-OH is 12. The second-order valence-corrected chi connectivity index (χ2v) is 9.57. The molecule has 4 rings (SSSR count). The third kappa shape index (κ3) is 8.46. The van der Waals surface area contributed by atoms with Crippen LogP contribution in [0.2, 0.25) is 0 Å². The molecule has 0 aliphatic carbocycles. The van der Waals surface area contributed by atoms with E-state index in [2.05, 4.69) is 19.7 Å². The van der Waals surface area contributed by atoms with E-state index >= 15 is 0 Å². The molecule has 43 heavy (non-hydrogen) atoms. The van der Waals surface area contributed by atoms with Crippen molar-refractivity contribution in [3.63, 3.8) is 0 Å². The molecule has 21 heteroatoms. The summed E-state index contributed by atoms with van der Waals surface area (Å²) in [5, 5.41) is 108. The van der Waals surface area contributed by atoms with Gasteiger partial charge >= 0.3 is 0 Å². The molecule has 2 fully saturated rings. The van der Waals surface area contributed by atoms with Gasteiger partial charge in [-0.15, -0.1) is 0 Å². The Bertz CT molecular complexity index is 1210. The molecule has 15 N–H and O–H groups in total. The molecule has 2 saturated heterocycles. The maximum absolute atomic E-state index is 11.7. The molecule has 2 aliphatic heterocycles. The summed E-state index contributed by atoms with van der Waals surface area (Å²) in [5.41, 5.74) is 5.12. The number of fused-ring (bicyclic) bond motifs is 1. The molecule has 2 aliphatic rings. The van der Waals surface area contributed by atoms with Crippen molar-refractivity contribution in [2.24, 2.45) is 0 Å². The molecule has 21 nitrogen and oxygen atoms in total. The molecular weight excluding hydrogens is 590 g/mol. The minimum atomic E-state index is -1.65. The standard InChI is InChI=1S/C10H13N5O5.C6H12O6.C6H12O5/c11-10-13-7-4(8(19)14-10)12-2-15(7)9-6(18)5(17)3(1-16)20-9;7-1-2-3(8)4(9)5(10)6(11)12-2;1-3(8)5(10)6(11)4(9)2-7/h2-3,5-6,9,16-18H,1H2,(H3,11,13,14,19);2-11H,1H2;2-6,8-11H,1H3/t3-,5-,6-,9-;2-,3-,4+,5+,6?;3-,4+,5+,6-/m110/s1. The van der Waals surface area contributed by atoms with Gasteiger partial charge in [0.2, 0.25) is 5.95 Å². The number of aldehydes is 1. The first-order valence-electron chi connectivity index (χ1n) is 12.6. The Labute approximate surface area is 241 Å². The summed E-state index contributed by atoms with van der Waals surface area (Å²) in [5.74, 6) is -0.101. The van der Waals surface area contributed by atoms with Crippen molar-refractivity contribution in [3.05, 3.63) is 16.7 Å². The van der Waals surface area contributed by atoms with Crippen LogP contribution < -0.4 is 11.3 Å². The number of carbonyl (C=O) groups is 1. The number of nitrogens with zero attached hydrogens (tertiary/aromatic N) is 3. The maximum atomic E-state index is 11.7. The Kier molecular flexibility index (Phi) is 13.4. The highest BCUT2D eigenvalue weighted by Gasteiger charge is 2.44. The SMILES string of the molecule is C[C@H](O)[C@@H](O)[C@@H](O)[C@H](O)C=O.Nc1nc2c(ncn2[C@@H]2O[C@H](CO)[C@@H](O)[C@H]2O)c(=O)[nH]1.OC[C@H]1OC(O)[C@@H](O)[C@@H](O)[C@@H]1O. The molecule has 0 spiro atoms. The number of hydrogen-bond donors (Lipinski definition) is 14. The second-order valence-electron chi connectivity index (χ2n) is 9.57. The monoisotopic (exact) mass is 627 g/mol. The molecule has 0 aromatic carbocycles. The van der Waals surface area contributed by atoms with E-state index in [-0.39, 0.29) is 23.4 Å². The molecule has 2 aromatic heterocycles. The van der Waals surface area contributed by atoms with Crippen LogP contribution >= 0.6 is 0 Å². The van der Waals surface area contributed by atoms with Crippen LogP contribution in [0.25, 0.3) is 11.2 Å². The van der Waals surface area contributed by atoms with Crippen molar-refractivity contribution in [1.82, 2.24) is 19.5 Å². The van der Waals surface area contributed by atoms with E-state index in [0.29, 0.717) is 0 Å². The van der Waals surface area contributed by atoms with Gasteiger partial charge < -0.3 is 81.3 Å². The molecule has 2 aromatic rings. The smallest absolute Gasteiger partial charge is 0.280 e. The topological polar surface area (TPSA) is 368 Å². The lowest BCUT2D eigenvalue weighted by molar-refractivity contribution is -0.286. The van der Waals surface area contributed by atoms with Crippen molar-refractivity contribution in [2.75, 3.05) is 18.9 Å². The number of nitrogens with one attached hydrogen (secondary N) is 1. The van der Waals surface area contributed by atoms with E-state index in [4.69, 9.17) is 61.5 Å². The van der Waals surface area contributed by atoms with Gasteiger partial charge in [0.05, 0.1) is 25.6 Å². The molecule has 246 valence electrons. The third-order valence-corrected chi connectivity index (χ3v) is 6.44. The van der Waals surface area contributed by atoms with Crippen molar-refractivity contribution in [2.45, 2.75) is 86.6 Å². The van der Waals surface area contributed by atoms with E-state index in [0.717, 1.165) is 0 Å². The van der Waals surface area contributed by atoms with Gasteiger partial charge in [-0.25, -0.2) is 4.98 Å². The van der Waals surface area contributed by atoms with Gasteiger partial charge in [-0.2, -0.15) is 4.98 Å². The zero-order chi connectivity index (χ0) is 32.8. The minimum Gasteiger partial charge on any atom is -0.394 e. The summed E-state index contributed by atoms with van der Waals surface area (Å²) in [7, 11) is 0. The molecule has 0 saturated carbocycles. The van der Waals surface area contributed by atoms with Crippen LogP contribution in [0.5, 0.6) is 0 Å². The fourth-order valence-corrected chi connectivity index (χ4v) is 3.89. The maximum Gasteiger partial charge on any atom is 0.280 e. The summed E-state index contributed by atoms with van der Waals surface area (Å²) in [4.78, 5) is 31.6. The number of imidazole rings is 1. The Balaban J connectivity index is 0.000000243. The van der Waals surface area contributed by atoms with Crippen molar-refractivity contribution in [1.29, 1.82) is 0 Å². The average Bonchev–Trinajstić information content (AvgIpc) is 3.53. The Morgan fingerprint density at radius 1 is 0.930 bits per heavy atom. The van der Waals surface area contributed by atoms with Crippen LogP contribution in [0.15, 0.2) is 11.1 Å². The predicted octanol–water partition coefficient (Wildman–Crippen LogP) is -8.26. The number of nitrogen functional groups attached to an aromatic ring is 1. The average molecular weight is 628 g/mol. The van der Waals surface area contributed by atoms with E-state index in [1.807, 2.05) is 0 Å². The first-order valence-corrected chi connectivity index (χ1v) is 12.6. The minimum absolute atomic E-state index is 0.0388. The van der Waals surface area contributed by atoms with Gasteiger partial charge in [-0.05, 0) is 6.92 Å². The Morgan fingerprint density at radius 3 is 2.00 bits per heavy atom. The molecule has 4 heterocycles. The normalized spacial score (nSPS) is 33.4. The first kappa shape index (κ1) is 36.5.